The molecule has 0 fully saturated rings. The second-order valence-electron chi connectivity index (χ2n) is 2.44. The van der Waals surface area contributed by atoms with Gasteiger partial charge in [-0.1, -0.05) is 0 Å². The predicted molar refractivity (Wildman–Crippen MR) is 53.3 cm³/mol. The molecule has 1 aromatic heterocycles. The summed E-state index contributed by atoms with van der Waals surface area (Å²) < 4.78 is 5.18. The van der Waals surface area contributed by atoms with Gasteiger partial charge in [-0.05, 0) is 13.0 Å². The van der Waals surface area contributed by atoms with E-state index in [1.165, 1.54) is 0 Å². The molecule has 0 saturated heterocycles. The normalized spacial score (nSPS) is 10.6. The predicted octanol–water partition coefficient (Wildman–Crippen LogP) is 1.11. The van der Waals surface area contributed by atoms with Crippen LogP contribution in [0.15, 0.2) is 17.1 Å². The van der Waals surface area contributed by atoms with Crippen molar-refractivity contribution in [3.05, 3.63) is 17.7 Å². The van der Waals surface area contributed by atoms with E-state index in [1.807, 2.05) is 13.0 Å². The number of nitrogen functional groups attached to an aromatic ring is 1. The zero-order valence-electron chi connectivity index (χ0n) is 7.82. The second-order valence-corrected chi connectivity index (χ2v) is 2.44. The van der Waals surface area contributed by atoms with Gasteiger partial charge in [-0.3, -0.25) is 4.99 Å². The van der Waals surface area contributed by atoms with Crippen molar-refractivity contribution < 1.29 is 4.74 Å². The van der Waals surface area contributed by atoms with Crippen LogP contribution in [0.2, 0.25) is 0 Å². The Morgan fingerprint density at radius 3 is 2.92 bits per heavy atom. The number of ether oxygens (including phenoxy) is 1. The number of nitrogens with two attached hydrogens (primary N) is 1. The average molecular weight is 179 g/mol. The summed E-state index contributed by atoms with van der Waals surface area (Å²) in [6, 6.07) is 3.61. The largest absolute Gasteiger partial charge is 0.478 e. The Kier molecular flexibility index (Phi) is 3.25. The van der Waals surface area contributed by atoms with Crippen molar-refractivity contribution in [1.29, 1.82) is 0 Å². The van der Waals surface area contributed by atoms with Crippen LogP contribution in [0, 0.1) is 0 Å². The van der Waals surface area contributed by atoms with Crippen molar-refractivity contribution in [3.8, 4) is 5.88 Å². The van der Waals surface area contributed by atoms with E-state index in [-0.39, 0.29) is 0 Å². The topological polar surface area (TPSA) is 60.5 Å². The van der Waals surface area contributed by atoms with Crippen LogP contribution >= 0.6 is 0 Å². The molecule has 1 aromatic rings. The molecular formula is C9H13N3O. The fraction of sp³-hybridized carbons (Fsp3) is 0.333. The first kappa shape index (κ1) is 9.51. The molecule has 0 atom stereocenters. The molecule has 0 aliphatic carbocycles. The van der Waals surface area contributed by atoms with E-state index in [9.17, 15) is 0 Å². The highest BCUT2D eigenvalue weighted by atomic mass is 16.5. The molecule has 0 aliphatic heterocycles. The van der Waals surface area contributed by atoms with Crippen molar-refractivity contribution in [2.24, 2.45) is 4.99 Å². The molecule has 0 saturated carbocycles. The van der Waals surface area contributed by atoms with Gasteiger partial charge in [0.15, 0.2) is 0 Å². The minimum Gasteiger partial charge on any atom is -0.478 e. The van der Waals surface area contributed by atoms with Gasteiger partial charge in [-0.25, -0.2) is 0 Å². The van der Waals surface area contributed by atoms with Gasteiger partial charge < -0.3 is 10.5 Å². The number of hydrogen-bond acceptors (Lipinski definition) is 4. The fourth-order valence-electron chi connectivity index (χ4n) is 0.944. The number of pyridine rings is 1. The summed E-state index contributed by atoms with van der Waals surface area (Å²) in [5.41, 5.74) is 6.47. The molecule has 1 heterocycles. The minimum absolute atomic E-state index is 0.441. The lowest BCUT2D eigenvalue weighted by Gasteiger charge is -2.03. The van der Waals surface area contributed by atoms with E-state index >= 15 is 0 Å². The minimum atomic E-state index is 0.441. The monoisotopic (exact) mass is 179 g/mol. The highest BCUT2D eigenvalue weighted by Crippen LogP contribution is 2.12. The summed E-state index contributed by atoms with van der Waals surface area (Å²) in [6.07, 6.45) is 1.66. The van der Waals surface area contributed by atoms with Crippen LogP contribution in [0.4, 0.5) is 5.82 Å². The lowest BCUT2D eigenvalue weighted by atomic mass is 10.3. The summed E-state index contributed by atoms with van der Waals surface area (Å²) >= 11 is 0. The van der Waals surface area contributed by atoms with E-state index in [4.69, 9.17) is 10.5 Å². The highest BCUT2D eigenvalue weighted by molar-refractivity contribution is 5.85. The molecule has 2 N–H and O–H groups in total. The van der Waals surface area contributed by atoms with Crippen LogP contribution in [0.3, 0.4) is 0 Å². The first-order chi connectivity index (χ1) is 6.27. The maximum Gasteiger partial charge on any atom is 0.215 e. The van der Waals surface area contributed by atoms with Gasteiger partial charge in [0, 0.05) is 24.9 Å². The van der Waals surface area contributed by atoms with Gasteiger partial charge >= 0.3 is 0 Å². The first-order valence-corrected chi connectivity index (χ1v) is 4.09. The highest BCUT2D eigenvalue weighted by Gasteiger charge is 1.99. The van der Waals surface area contributed by atoms with Crippen molar-refractivity contribution >= 4 is 12.0 Å². The summed E-state index contributed by atoms with van der Waals surface area (Å²) in [4.78, 5) is 7.90. The van der Waals surface area contributed by atoms with Crippen LogP contribution in [0.1, 0.15) is 12.5 Å². The Morgan fingerprint density at radius 2 is 2.38 bits per heavy atom. The van der Waals surface area contributed by atoms with Crippen LogP contribution in [-0.4, -0.2) is 24.9 Å². The van der Waals surface area contributed by atoms with Crippen LogP contribution in [0.5, 0.6) is 5.88 Å². The Balaban J connectivity index is 2.91. The molecule has 0 unspecified atom stereocenters. The molecule has 0 aromatic carbocycles. The third kappa shape index (κ3) is 2.43. The number of nitrogens with zero attached hydrogens (tertiary/aromatic N) is 2. The molecule has 1 rings (SSSR count). The fourth-order valence-corrected chi connectivity index (χ4v) is 0.944. The third-order valence-electron chi connectivity index (χ3n) is 1.49. The van der Waals surface area contributed by atoms with E-state index in [0.29, 0.717) is 18.3 Å². The van der Waals surface area contributed by atoms with Crippen molar-refractivity contribution in [1.82, 2.24) is 4.98 Å². The molecule has 0 bridgehead atoms. The van der Waals surface area contributed by atoms with Gasteiger partial charge in [0.2, 0.25) is 5.88 Å². The standard InChI is InChI=1S/C9H13N3O/c1-3-13-8-5-4-7(6-11-2)9(10)12-8/h4-6H,3H2,1-2H3,(H2,10,12). The van der Waals surface area contributed by atoms with Gasteiger partial charge in [0.05, 0.1) is 6.61 Å². The smallest absolute Gasteiger partial charge is 0.215 e. The Hall–Kier alpha value is -1.58. The number of anilines is 1. The maximum atomic E-state index is 5.66. The van der Waals surface area contributed by atoms with E-state index < -0.39 is 0 Å². The van der Waals surface area contributed by atoms with Crippen LogP contribution in [0.25, 0.3) is 0 Å². The lowest BCUT2D eigenvalue weighted by Crippen LogP contribution is -2.00. The zero-order chi connectivity index (χ0) is 9.68. The molecule has 70 valence electrons. The molecule has 4 nitrogen and oxygen atoms in total. The summed E-state index contributed by atoms with van der Waals surface area (Å²) in [5.74, 6) is 0.991. The molecule has 0 aliphatic rings. The quantitative estimate of drug-likeness (QED) is 0.707. The number of rotatable bonds is 3. The van der Waals surface area contributed by atoms with Gasteiger partial charge in [-0.2, -0.15) is 4.98 Å². The molecule has 0 spiro atoms. The molecular weight excluding hydrogens is 166 g/mol. The average Bonchev–Trinajstić information content (AvgIpc) is 2.10. The molecule has 0 amide bonds. The van der Waals surface area contributed by atoms with Crippen molar-refractivity contribution in [2.45, 2.75) is 6.92 Å². The van der Waals surface area contributed by atoms with E-state index in [1.54, 1.807) is 19.3 Å². The molecule has 4 heteroatoms. The third-order valence-corrected chi connectivity index (χ3v) is 1.49. The van der Waals surface area contributed by atoms with Gasteiger partial charge in [0.25, 0.3) is 0 Å². The maximum absolute atomic E-state index is 5.66. The Morgan fingerprint density at radius 1 is 1.62 bits per heavy atom. The summed E-state index contributed by atoms with van der Waals surface area (Å²) in [7, 11) is 1.69. The number of hydrogen-bond donors (Lipinski definition) is 1. The molecule has 0 radical (unpaired) electrons. The number of aliphatic imine (C=N–C) groups is 1. The van der Waals surface area contributed by atoms with E-state index in [2.05, 4.69) is 9.98 Å². The molecule has 13 heavy (non-hydrogen) atoms. The van der Waals surface area contributed by atoms with Gasteiger partial charge in [-0.15, -0.1) is 0 Å². The Bertz CT molecular complexity index is 310. The summed E-state index contributed by atoms with van der Waals surface area (Å²) in [5, 5.41) is 0. The van der Waals surface area contributed by atoms with Crippen LogP contribution in [-0.2, 0) is 0 Å². The van der Waals surface area contributed by atoms with Gasteiger partial charge in [0.1, 0.15) is 5.82 Å². The Labute approximate surface area is 77.5 Å². The van der Waals surface area contributed by atoms with Crippen LogP contribution < -0.4 is 10.5 Å². The summed E-state index contributed by atoms with van der Waals surface area (Å²) in [6.45, 7) is 2.49. The zero-order valence-corrected chi connectivity index (χ0v) is 7.82. The second kappa shape index (κ2) is 4.45. The van der Waals surface area contributed by atoms with E-state index in [0.717, 1.165) is 5.56 Å². The number of aromatic nitrogens is 1. The first-order valence-electron chi connectivity index (χ1n) is 4.09. The van der Waals surface area contributed by atoms with Crippen molar-refractivity contribution in [3.63, 3.8) is 0 Å². The van der Waals surface area contributed by atoms with Crippen molar-refractivity contribution in [2.75, 3.05) is 19.4 Å². The lowest BCUT2D eigenvalue weighted by molar-refractivity contribution is 0.327. The SMILES string of the molecule is CCOc1ccc(C=NC)c(N)n1.